The first kappa shape index (κ1) is 6.78. The van der Waals surface area contributed by atoms with Gasteiger partial charge in [-0.25, -0.2) is 4.79 Å². The number of rotatable bonds is 1. The Bertz CT molecular complexity index is 385. The zero-order chi connectivity index (χ0) is 8.72. The summed E-state index contributed by atoms with van der Waals surface area (Å²) in [4.78, 5) is 19.9. The molecular formula is C7H3NO4. The summed E-state index contributed by atoms with van der Waals surface area (Å²) in [6.07, 6.45) is 0. The monoisotopic (exact) mass is 165 g/mol. The molecule has 12 heavy (non-hydrogen) atoms. The topological polar surface area (TPSA) is 72.7 Å². The van der Waals surface area contributed by atoms with Gasteiger partial charge >= 0.3 is 5.91 Å². The second-order valence-corrected chi connectivity index (χ2v) is 2.30. The van der Waals surface area contributed by atoms with Gasteiger partial charge in [-0.1, -0.05) is 6.07 Å². The molecule has 0 bridgehead atoms. The Hall–Kier alpha value is -1.91. The van der Waals surface area contributed by atoms with Crippen molar-refractivity contribution in [1.29, 1.82) is 0 Å². The summed E-state index contributed by atoms with van der Waals surface area (Å²) >= 11 is 0. The number of nitrogens with zero attached hydrogens (tertiary/aromatic N) is 1. The van der Waals surface area contributed by atoms with Gasteiger partial charge in [0.25, 0.3) is 0 Å². The van der Waals surface area contributed by atoms with Crippen molar-refractivity contribution in [2.45, 2.75) is 0 Å². The van der Waals surface area contributed by atoms with E-state index in [1.807, 2.05) is 0 Å². The molecule has 0 unspecified atom stereocenters. The van der Waals surface area contributed by atoms with E-state index in [0.717, 1.165) is 0 Å². The predicted molar refractivity (Wildman–Crippen MR) is 37.8 cm³/mol. The number of hydrogen-bond donors (Lipinski definition) is 0. The summed E-state index contributed by atoms with van der Waals surface area (Å²) in [5.41, 5.74) is 0.0255. The lowest BCUT2D eigenvalue weighted by Gasteiger charge is -1.85. The molecule has 1 amide bonds. The van der Waals surface area contributed by atoms with E-state index < -0.39 is 10.8 Å². The molecule has 0 N–H and O–H groups in total. The van der Waals surface area contributed by atoms with E-state index in [4.69, 9.17) is 4.74 Å². The second-order valence-electron chi connectivity index (χ2n) is 2.30. The lowest BCUT2D eigenvalue weighted by atomic mass is 10.2. The number of para-hydroxylation sites is 1. The van der Waals surface area contributed by atoms with E-state index in [-0.39, 0.29) is 5.56 Å². The van der Waals surface area contributed by atoms with Crippen molar-refractivity contribution in [1.82, 2.24) is 0 Å². The molecule has 1 aromatic carbocycles. The molecule has 0 spiro atoms. The third-order valence-electron chi connectivity index (χ3n) is 1.55. The first-order valence-corrected chi connectivity index (χ1v) is 3.20. The van der Waals surface area contributed by atoms with Crippen LogP contribution in [-0.2, 0) is 0 Å². The summed E-state index contributed by atoms with van der Waals surface area (Å²) in [7, 11) is 0. The fraction of sp³-hybridized carbons (Fsp3) is 0. The average molecular weight is 165 g/mol. The van der Waals surface area contributed by atoms with E-state index in [1.165, 1.54) is 6.07 Å². The number of amides is 1. The average Bonchev–Trinajstić information content (AvgIpc) is 2.80. The quantitative estimate of drug-likeness (QED) is 0.361. The lowest BCUT2D eigenvalue weighted by molar-refractivity contribution is -0.375. The molecule has 0 atom stereocenters. The third-order valence-corrected chi connectivity index (χ3v) is 1.55. The Morgan fingerprint density at radius 1 is 1.50 bits per heavy atom. The van der Waals surface area contributed by atoms with E-state index in [0.29, 0.717) is 11.5 Å². The van der Waals surface area contributed by atoms with Gasteiger partial charge in [0, 0.05) is 0 Å². The van der Waals surface area contributed by atoms with Gasteiger partial charge in [0.05, 0.1) is 0 Å². The maximum Gasteiger partial charge on any atom is 0.480 e. The summed E-state index contributed by atoms with van der Waals surface area (Å²) in [5, 5.41) is 10.1. The Balaban J connectivity index is 2.44. The fourth-order valence-corrected chi connectivity index (χ4v) is 0.956. The van der Waals surface area contributed by atoms with Gasteiger partial charge in [-0.3, -0.25) is 10.1 Å². The molecule has 1 aliphatic heterocycles. The highest BCUT2D eigenvalue weighted by Crippen LogP contribution is 2.47. The first-order valence-electron chi connectivity index (χ1n) is 3.20. The van der Waals surface area contributed by atoms with Gasteiger partial charge < -0.3 is 4.74 Å². The Morgan fingerprint density at radius 3 is 2.92 bits per heavy atom. The molecule has 0 saturated heterocycles. The van der Waals surface area contributed by atoms with E-state index >= 15 is 0 Å². The molecule has 0 fully saturated rings. The number of benzene rings is 1. The highest BCUT2D eigenvalue weighted by molar-refractivity contribution is 5.94. The fourth-order valence-electron chi connectivity index (χ4n) is 0.956. The van der Waals surface area contributed by atoms with Crippen LogP contribution in [0.5, 0.6) is 11.5 Å². The van der Waals surface area contributed by atoms with Gasteiger partial charge in [-0.05, 0) is 12.1 Å². The van der Waals surface area contributed by atoms with Crippen LogP contribution in [0.3, 0.4) is 0 Å². The van der Waals surface area contributed by atoms with Crippen LogP contribution in [0.1, 0.15) is 10.4 Å². The van der Waals surface area contributed by atoms with E-state index in [2.05, 4.69) is 0 Å². The van der Waals surface area contributed by atoms with Crippen LogP contribution in [0.2, 0.25) is 0 Å². The molecule has 2 rings (SSSR count). The number of hydrogen-bond acceptors (Lipinski definition) is 4. The Morgan fingerprint density at radius 2 is 2.25 bits per heavy atom. The second kappa shape index (κ2) is 2.04. The van der Waals surface area contributed by atoms with Gasteiger partial charge in [0.2, 0.25) is 0 Å². The number of nitro groups is 1. The zero-order valence-electron chi connectivity index (χ0n) is 5.81. The minimum absolute atomic E-state index is 0.0255. The third kappa shape index (κ3) is 0.833. The molecule has 0 aliphatic carbocycles. The predicted octanol–water partition coefficient (Wildman–Crippen LogP) is 1.21. The highest BCUT2D eigenvalue weighted by Gasteiger charge is 2.33. The maximum absolute atomic E-state index is 10.8. The number of carbonyl (C=O) groups excluding carboxylic acids is 1. The number of ether oxygens (including phenoxy) is 1. The van der Waals surface area contributed by atoms with Gasteiger partial charge in [0.15, 0.2) is 11.5 Å². The minimum atomic E-state index is -1.12. The van der Waals surface area contributed by atoms with Crippen LogP contribution in [0.15, 0.2) is 18.2 Å². The number of carbonyl (C=O) groups is 1. The SMILES string of the molecule is O=C(c1cccc2c1O2)[N+](=O)[O-]. The van der Waals surface area contributed by atoms with Gasteiger partial charge in [0.1, 0.15) is 10.5 Å². The van der Waals surface area contributed by atoms with Gasteiger partial charge in [-0.2, -0.15) is 0 Å². The minimum Gasteiger partial charge on any atom is -0.448 e. The van der Waals surface area contributed by atoms with Crippen LogP contribution >= 0.6 is 0 Å². The molecule has 60 valence electrons. The van der Waals surface area contributed by atoms with Gasteiger partial charge in [-0.15, -0.1) is 0 Å². The molecule has 0 saturated carbocycles. The first-order chi connectivity index (χ1) is 5.70. The van der Waals surface area contributed by atoms with Crippen molar-refractivity contribution in [2.75, 3.05) is 0 Å². The summed E-state index contributed by atoms with van der Waals surface area (Å²) in [6, 6.07) is 4.56. The summed E-state index contributed by atoms with van der Waals surface area (Å²) in [6.45, 7) is 0. The molecule has 5 heteroatoms. The van der Waals surface area contributed by atoms with Crippen LogP contribution in [-0.4, -0.2) is 10.8 Å². The van der Waals surface area contributed by atoms with Crippen molar-refractivity contribution in [2.24, 2.45) is 0 Å². The molecule has 1 aromatic rings. The van der Waals surface area contributed by atoms with E-state index in [9.17, 15) is 14.9 Å². The Kier molecular flexibility index (Phi) is 1.15. The largest absolute Gasteiger partial charge is 0.480 e. The molecule has 0 aromatic heterocycles. The van der Waals surface area contributed by atoms with Crippen molar-refractivity contribution in [3.63, 3.8) is 0 Å². The van der Waals surface area contributed by atoms with Crippen molar-refractivity contribution in [3.05, 3.63) is 33.9 Å². The smallest absolute Gasteiger partial charge is 0.448 e. The molecule has 1 heterocycles. The van der Waals surface area contributed by atoms with Crippen LogP contribution in [0, 0.1) is 10.1 Å². The normalized spacial score (nSPS) is 11.3. The molecule has 0 radical (unpaired) electrons. The maximum atomic E-state index is 10.8. The standard InChI is InChI=1S/C7H3NO4/c9-7(8(10)11)4-2-1-3-5-6(4)12-5/h1-3H. The molecular weight excluding hydrogens is 162 g/mol. The number of fused-ring (bicyclic) bond motifs is 1. The van der Waals surface area contributed by atoms with Crippen molar-refractivity contribution >= 4 is 5.91 Å². The zero-order valence-corrected chi connectivity index (χ0v) is 5.81. The van der Waals surface area contributed by atoms with Crippen molar-refractivity contribution in [3.8, 4) is 11.5 Å². The lowest BCUT2D eigenvalue weighted by Crippen LogP contribution is -2.10. The van der Waals surface area contributed by atoms with Crippen molar-refractivity contribution < 1.29 is 14.5 Å². The Labute approximate surface area is 66.7 Å². The summed E-state index contributed by atoms with van der Waals surface area (Å²) < 4.78 is 4.81. The van der Waals surface area contributed by atoms with E-state index in [1.54, 1.807) is 12.1 Å². The molecule has 1 aliphatic rings. The van der Waals surface area contributed by atoms with Crippen LogP contribution in [0.4, 0.5) is 0 Å². The highest BCUT2D eigenvalue weighted by atomic mass is 16.6. The van der Waals surface area contributed by atoms with Crippen LogP contribution < -0.4 is 4.74 Å². The molecule has 5 nitrogen and oxygen atoms in total. The van der Waals surface area contributed by atoms with Crippen LogP contribution in [0.25, 0.3) is 0 Å². The summed E-state index contributed by atoms with van der Waals surface area (Å²) in [5.74, 6) is -0.244.